The molecule has 0 saturated carbocycles. The minimum atomic E-state index is 0.943. The van der Waals surface area contributed by atoms with Gasteiger partial charge in [0, 0.05) is 0 Å². The Kier molecular flexibility index (Phi) is 30.5. The SMILES string of the molecule is CCCCCCCCCCCCCCC(C)CCCC(C)CCCC(C)CCCCCCCCCCC. The maximum Gasteiger partial charge on any atom is -0.0443 e. The second kappa shape index (κ2) is 30.5. The largest absolute Gasteiger partial charge is 0.0654 e. The lowest BCUT2D eigenvalue weighted by Gasteiger charge is -2.16. The Labute approximate surface area is 238 Å². The first-order chi connectivity index (χ1) is 18.1. The molecule has 0 aliphatic carbocycles. The lowest BCUT2D eigenvalue weighted by molar-refractivity contribution is 0.373. The van der Waals surface area contributed by atoms with Gasteiger partial charge in [-0.3, -0.25) is 0 Å². The van der Waals surface area contributed by atoms with Gasteiger partial charge in [-0.15, -0.1) is 0 Å². The molecule has 0 aliphatic rings. The molecule has 3 atom stereocenters. The summed E-state index contributed by atoms with van der Waals surface area (Å²) in [5.74, 6) is 2.85. The zero-order valence-corrected chi connectivity index (χ0v) is 27.2. The Bertz CT molecular complexity index is 399. The molecule has 37 heavy (non-hydrogen) atoms. The smallest absolute Gasteiger partial charge is 0.0443 e. The Balaban J connectivity index is 3.38. The van der Waals surface area contributed by atoms with E-state index >= 15 is 0 Å². The van der Waals surface area contributed by atoms with Crippen LogP contribution in [0.4, 0.5) is 0 Å². The lowest BCUT2D eigenvalue weighted by atomic mass is 9.90. The van der Waals surface area contributed by atoms with Crippen molar-refractivity contribution < 1.29 is 0 Å². The minimum absolute atomic E-state index is 0.943. The van der Waals surface area contributed by atoms with E-state index in [-0.39, 0.29) is 0 Å². The number of unbranched alkanes of at least 4 members (excludes halogenated alkanes) is 19. The number of hydrogen-bond acceptors (Lipinski definition) is 0. The highest BCUT2D eigenvalue weighted by molar-refractivity contribution is 4.61. The Morgan fingerprint density at radius 2 is 0.432 bits per heavy atom. The van der Waals surface area contributed by atoms with Gasteiger partial charge in [0.15, 0.2) is 0 Å². The van der Waals surface area contributed by atoms with Gasteiger partial charge in [-0.1, -0.05) is 221 Å². The van der Waals surface area contributed by atoms with E-state index in [0.29, 0.717) is 0 Å². The fourth-order valence-electron chi connectivity index (χ4n) is 6.20. The van der Waals surface area contributed by atoms with Crippen LogP contribution in [-0.2, 0) is 0 Å². The fourth-order valence-corrected chi connectivity index (χ4v) is 6.20. The van der Waals surface area contributed by atoms with E-state index < -0.39 is 0 Å². The molecule has 0 N–H and O–H groups in total. The minimum Gasteiger partial charge on any atom is -0.0654 e. The molecule has 0 heteroatoms. The summed E-state index contributed by atoms with van der Waals surface area (Å²) in [6.45, 7) is 12.2. The molecule has 0 radical (unpaired) electrons. The van der Waals surface area contributed by atoms with Gasteiger partial charge in [0.05, 0.1) is 0 Å². The first-order valence-corrected chi connectivity index (χ1v) is 18.1. The molecule has 0 aromatic carbocycles. The average molecular weight is 521 g/mol. The molecule has 0 aromatic rings. The number of hydrogen-bond donors (Lipinski definition) is 0. The topological polar surface area (TPSA) is 0 Å². The predicted octanol–water partition coefficient (Wildman–Crippen LogP) is 14.2. The van der Waals surface area contributed by atoms with Crippen molar-refractivity contribution in [3.63, 3.8) is 0 Å². The molecule has 0 rings (SSSR count). The molecular weight excluding hydrogens is 444 g/mol. The fraction of sp³-hybridized carbons (Fsp3) is 1.00. The van der Waals surface area contributed by atoms with Crippen molar-refractivity contribution in [3.8, 4) is 0 Å². The van der Waals surface area contributed by atoms with E-state index in [1.165, 1.54) is 186 Å². The van der Waals surface area contributed by atoms with E-state index in [0.717, 1.165) is 17.8 Å². The third kappa shape index (κ3) is 30.4. The van der Waals surface area contributed by atoms with Gasteiger partial charge in [-0.2, -0.15) is 0 Å². The lowest BCUT2D eigenvalue weighted by Crippen LogP contribution is -2.01. The molecule has 0 aliphatic heterocycles. The predicted molar refractivity (Wildman–Crippen MR) is 173 cm³/mol. The van der Waals surface area contributed by atoms with Crippen LogP contribution < -0.4 is 0 Å². The van der Waals surface area contributed by atoms with Gasteiger partial charge in [0.25, 0.3) is 0 Å². The highest BCUT2D eigenvalue weighted by atomic mass is 14.1. The molecule has 3 unspecified atom stereocenters. The quantitative estimate of drug-likeness (QED) is 0.0797. The van der Waals surface area contributed by atoms with E-state index in [1.807, 2.05) is 0 Å². The second-order valence-electron chi connectivity index (χ2n) is 13.5. The van der Waals surface area contributed by atoms with Gasteiger partial charge in [0.1, 0.15) is 0 Å². The van der Waals surface area contributed by atoms with Crippen LogP contribution in [0, 0.1) is 17.8 Å². The summed E-state index contributed by atoms with van der Waals surface area (Å²) >= 11 is 0. The first-order valence-electron chi connectivity index (χ1n) is 18.1. The van der Waals surface area contributed by atoms with Crippen molar-refractivity contribution in [2.75, 3.05) is 0 Å². The van der Waals surface area contributed by atoms with E-state index in [2.05, 4.69) is 34.6 Å². The van der Waals surface area contributed by atoms with Crippen LogP contribution in [0.1, 0.15) is 221 Å². The van der Waals surface area contributed by atoms with E-state index in [9.17, 15) is 0 Å². The summed E-state index contributed by atoms with van der Waals surface area (Å²) in [6, 6.07) is 0. The molecule has 0 aromatic heterocycles. The standard InChI is InChI=1S/C37H76/c1-6-8-10-12-14-16-17-18-20-22-24-26-30-36(4)32-28-34-37(5)33-27-31-35(3)29-25-23-21-19-15-13-11-9-7-2/h35-37H,6-34H2,1-5H3. The summed E-state index contributed by atoms with van der Waals surface area (Å²) in [5.41, 5.74) is 0. The summed E-state index contributed by atoms with van der Waals surface area (Å²) in [5, 5.41) is 0. The van der Waals surface area contributed by atoms with Crippen molar-refractivity contribution in [2.45, 2.75) is 221 Å². The van der Waals surface area contributed by atoms with Crippen molar-refractivity contribution in [3.05, 3.63) is 0 Å². The van der Waals surface area contributed by atoms with Gasteiger partial charge in [0.2, 0.25) is 0 Å². The summed E-state index contributed by atoms with van der Waals surface area (Å²) < 4.78 is 0. The van der Waals surface area contributed by atoms with Crippen molar-refractivity contribution >= 4 is 0 Å². The Morgan fingerprint density at radius 3 is 0.676 bits per heavy atom. The normalized spacial score (nSPS) is 14.2. The zero-order chi connectivity index (χ0) is 27.2. The number of rotatable bonds is 31. The summed E-state index contributed by atoms with van der Waals surface area (Å²) in [4.78, 5) is 0. The van der Waals surface area contributed by atoms with Crippen molar-refractivity contribution in [1.82, 2.24) is 0 Å². The summed E-state index contributed by atoms with van der Waals surface area (Å²) in [6.07, 6.45) is 42.5. The van der Waals surface area contributed by atoms with Crippen LogP contribution in [0.2, 0.25) is 0 Å². The average Bonchev–Trinajstić information content (AvgIpc) is 2.88. The van der Waals surface area contributed by atoms with Gasteiger partial charge in [-0.05, 0) is 17.8 Å². The molecule has 0 bridgehead atoms. The molecule has 0 fully saturated rings. The highest BCUT2D eigenvalue weighted by Crippen LogP contribution is 2.23. The van der Waals surface area contributed by atoms with Gasteiger partial charge < -0.3 is 0 Å². The van der Waals surface area contributed by atoms with Crippen LogP contribution in [0.5, 0.6) is 0 Å². The second-order valence-corrected chi connectivity index (χ2v) is 13.5. The third-order valence-corrected chi connectivity index (χ3v) is 9.14. The molecular formula is C37H76. The third-order valence-electron chi connectivity index (χ3n) is 9.14. The molecule has 0 amide bonds. The van der Waals surface area contributed by atoms with Crippen LogP contribution in [0.15, 0.2) is 0 Å². The van der Waals surface area contributed by atoms with Crippen LogP contribution in [0.3, 0.4) is 0 Å². The van der Waals surface area contributed by atoms with E-state index in [4.69, 9.17) is 0 Å². The monoisotopic (exact) mass is 521 g/mol. The molecule has 0 spiro atoms. The Hall–Kier alpha value is 0. The van der Waals surface area contributed by atoms with Crippen LogP contribution in [0.25, 0.3) is 0 Å². The van der Waals surface area contributed by atoms with Crippen LogP contribution >= 0.6 is 0 Å². The maximum absolute atomic E-state index is 2.51. The highest BCUT2D eigenvalue weighted by Gasteiger charge is 2.08. The van der Waals surface area contributed by atoms with Crippen molar-refractivity contribution in [1.29, 1.82) is 0 Å². The first kappa shape index (κ1) is 37.0. The molecule has 0 heterocycles. The molecule has 224 valence electrons. The van der Waals surface area contributed by atoms with E-state index in [1.54, 1.807) is 0 Å². The molecule has 0 saturated heterocycles. The van der Waals surface area contributed by atoms with Gasteiger partial charge >= 0.3 is 0 Å². The maximum atomic E-state index is 2.51. The molecule has 0 nitrogen and oxygen atoms in total. The van der Waals surface area contributed by atoms with Gasteiger partial charge in [-0.25, -0.2) is 0 Å². The Morgan fingerprint density at radius 1 is 0.243 bits per heavy atom. The summed E-state index contributed by atoms with van der Waals surface area (Å²) in [7, 11) is 0. The zero-order valence-electron chi connectivity index (χ0n) is 27.2. The van der Waals surface area contributed by atoms with Crippen LogP contribution in [-0.4, -0.2) is 0 Å². The van der Waals surface area contributed by atoms with Crippen molar-refractivity contribution in [2.24, 2.45) is 17.8 Å².